The van der Waals surface area contributed by atoms with Gasteiger partial charge >= 0.3 is 0 Å². The van der Waals surface area contributed by atoms with E-state index in [9.17, 15) is 4.79 Å². The summed E-state index contributed by atoms with van der Waals surface area (Å²) >= 11 is 0. The highest BCUT2D eigenvalue weighted by atomic mass is 16.5. The normalized spacial score (nSPS) is 10.3. The molecule has 0 aliphatic heterocycles. The average Bonchev–Trinajstić information content (AvgIpc) is 2.27. The first-order chi connectivity index (χ1) is 7.17. The Labute approximate surface area is 89.8 Å². The zero-order chi connectivity index (χ0) is 11.3. The van der Waals surface area contributed by atoms with E-state index in [0.717, 1.165) is 16.9 Å². The molecule has 0 aliphatic carbocycles. The molecule has 3 nitrogen and oxygen atoms in total. The van der Waals surface area contributed by atoms with Crippen LogP contribution in [-0.2, 0) is 4.79 Å². The van der Waals surface area contributed by atoms with Crippen molar-refractivity contribution in [1.82, 2.24) is 5.32 Å². The van der Waals surface area contributed by atoms with Crippen molar-refractivity contribution in [3.63, 3.8) is 0 Å². The van der Waals surface area contributed by atoms with Crippen LogP contribution in [0, 0.1) is 6.92 Å². The van der Waals surface area contributed by atoms with Crippen LogP contribution in [0.2, 0.25) is 0 Å². The summed E-state index contributed by atoms with van der Waals surface area (Å²) in [4.78, 5) is 11.0. The van der Waals surface area contributed by atoms with E-state index in [4.69, 9.17) is 4.74 Å². The number of carbonyl (C=O) groups excluding carboxylic acids is 1. The largest absolute Gasteiger partial charge is 0.496 e. The fourth-order valence-electron chi connectivity index (χ4n) is 1.20. The van der Waals surface area contributed by atoms with Crippen molar-refractivity contribution < 1.29 is 9.53 Å². The van der Waals surface area contributed by atoms with Crippen molar-refractivity contribution in [2.75, 3.05) is 14.2 Å². The van der Waals surface area contributed by atoms with Gasteiger partial charge in [-0.3, -0.25) is 4.79 Å². The highest BCUT2D eigenvalue weighted by Gasteiger charge is 1.98. The molecule has 1 aromatic rings. The van der Waals surface area contributed by atoms with Crippen molar-refractivity contribution in [2.24, 2.45) is 0 Å². The van der Waals surface area contributed by atoms with E-state index in [2.05, 4.69) is 5.32 Å². The minimum Gasteiger partial charge on any atom is -0.496 e. The monoisotopic (exact) mass is 205 g/mol. The lowest BCUT2D eigenvalue weighted by atomic mass is 10.1. The van der Waals surface area contributed by atoms with Gasteiger partial charge in [0, 0.05) is 13.1 Å². The Morgan fingerprint density at radius 1 is 1.47 bits per heavy atom. The molecule has 0 heterocycles. The van der Waals surface area contributed by atoms with Gasteiger partial charge in [0.1, 0.15) is 5.75 Å². The second-order valence-corrected chi connectivity index (χ2v) is 3.18. The van der Waals surface area contributed by atoms with E-state index < -0.39 is 0 Å². The van der Waals surface area contributed by atoms with Gasteiger partial charge in [-0.15, -0.1) is 0 Å². The van der Waals surface area contributed by atoms with Crippen LogP contribution in [0.3, 0.4) is 0 Å². The Kier molecular flexibility index (Phi) is 3.92. The Morgan fingerprint density at radius 2 is 2.20 bits per heavy atom. The molecular formula is C12H15NO2. The maximum Gasteiger partial charge on any atom is 0.243 e. The van der Waals surface area contributed by atoms with Gasteiger partial charge in [-0.1, -0.05) is 12.1 Å². The zero-order valence-corrected chi connectivity index (χ0v) is 9.20. The van der Waals surface area contributed by atoms with E-state index in [1.807, 2.05) is 25.1 Å². The Morgan fingerprint density at radius 3 is 2.80 bits per heavy atom. The predicted molar refractivity (Wildman–Crippen MR) is 60.8 cm³/mol. The maximum absolute atomic E-state index is 11.0. The van der Waals surface area contributed by atoms with Gasteiger partial charge in [0.25, 0.3) is 0 Å². The van der Waals surface area contributed by atoms with Crippen LogP contribution in [0.4, 0.5) is 0 Å². The molecule has 15 heavy (non-hydrogen) atoms. The number of aryl methyl sites for hydroxylation is 1. The third-order valence-electron chi connectivity index (χ3n) is 2.11. The van der Waals surface area contributed by atoms with E-state index in [-0.39, 0.29) is 5.91 Å². The Bertz CT molecular complexity index is 383. The summed E-state index contributed by atoms with van der Waals surface area (Å²) in [5.74, 6) is 0.712. The molecule has 0 bridgehead atoms. The lowest BCUT2D eigenvalue weighted by Crippen LogP contribution is -2.13. The average molecular weight is 205 g/mol. The minimum absolute atomic E-state index is 0.116. The highest BCUT2D eigenvalue weighted by Crippen LogP contribution is 2.19. The van der Waals surface area contributed by atoms with Gasteiger partial charge in [0.15, 0.2) is 0 Å². The molecule has 0 aromatic heterocycles. The predicted octanol–water partition coefficient (Wildman–Crippen LogP) is 1.76. The molecule has 3 heteroatoms. The van der Waals surface area contributed by atoms with Crippen LogP contribution in [-0.4, -0.2) is 20.1 Å². The number of hydrogen-bond acceptors (Lipinski definition) is 2. The lowest BCUT2D eigenvalue weighted by Gasteiger charge is -2.04. The second-order valence-electron chi connectivity index (χ2n) is 3.18. The zero-order valence-electron chi connectivity index (χ0n) is 9.20. The van der Waals surface area contributed by atoms with E-state index in [0.29, 0.717) is 0 Å². The summed E-state index contributed by atoms with van der Waals surface area (Å²) in [5.41, 5.74) is 2.02. The molecule has 0 spiro atoms. The summed E-state index contributed by atoms with van der Waals surface area (Å²) in [5, 5.41) is 2.52. The second kappa shape index (κ2) is 5.20. The summed E-state index contributed by atoms with van der Waals surface area (Å²) in [6, 6.07) is 5.80. The summed E-state index contributed by atoms with van der Waals surface area (Å²) < 4.78 is 5.18. The molecule has 1 rings (SSSR count). The number of methoxy groups -OCH3 is 1. The van der Waals surface area contributed by atoms with Crippen LogP contribution < -0.4 is 10.1 Å². The third-order valence-corrected chi connectivity index (χ3v) is 2.11. The summed E-state index contributed by atoms with van der Waals surface area (Å²) in [6.07, 6.45) is 3.24. The lowest BCUT2D eigenvalue weighted by molar-refractivity contribution is -0.115. The molecule has 0 radical (unpaired) electrons. The highest BCUT2D eigenvalue weighted by molar-refractivity contribution is 5.91. The summed E-state index contributed by atoms with van der Waals surface area (Å²) in [6.45, 7) is 1.98. The smallest absolute Gasteiger partial charge is 0.243 e. The maximum atomic E-state index is 11.0. The SMILES string of the molecule is CNC(=O)/C=C/c1ccc(C)c(OC)c1. The van der Waals surface area contributed by atoms with Gasteiger partial charge in [-0.05, 0) is 30.2 Å². The number of rotatable bonds is 3. The molecule has 0 saturated heterocycles. The molecular weight excluding hydrogens is 190 g/mol. The first-order valence-electron chi connectivity index (χ1n) is 4.72. The minimum atomic E-state index is -0.116. The van der Waals surface area contributed by atoms with Crippen LogP contribution in [0.25, 0.3) is 6.08 Å². The van der Waals surface area contributed by atoms with Gasteiger partial charge in [-0.25, -0.2) is 0 Å². The fourth-order valence-corrected chi connectivity index (χ4v) is 1.20. The van der Waals surface area contributed by atoms with Crippen molar-refractivity contribution in [1.29, 1.82) is 0 Å². The van der Waals surface area contributed by atoms with Crippen molar-refractivity contribution in [2.45, 2.75) is 6.92 Å². The summed E-state index contributed by atoms with van der Waals surface area (Å²) in [7, 11) is 3.23. The standard InChI is InChI=1S/C12H15NO2/c1-9-4-5-10(8-11(9)15-3)6-7-12(14)13-2/h4-8H,1-3H3,(H,13,14)/b7-6+. The van der Waals surface area contributed by atoms with Crippen molar-refractivity contribution in [3.05, 3.63) is 35.4 Å². The van der Waals surface area contributed by atoms with Gasteiger partial charge < -0.3 is 10.1 Å². The number of benzene rings is 1. The molecule has 0 saturated carbocycles. The molecule has 0 atom stereocenters. The molecule has 0 unspecified atom stereocenters. The van der Waals surface area contributed by atoms with Crippen LogP contribution in [0.15, 0.2) is 24.3 Å². The molecule has 0 aliphatic rings. The molecule has 1 N–H and O–H groups in total. The number of ether oxygens (including phenoxy) is 1. The number of amides is 1. The van der Waals surface area contributed by atoms with Crippen LogP contribution in [0.5, 0.6) is 5.75 Å². The molecule has 80 valence electrons. The molecule has 1 amide bonds. The third kappa shape index (κ3) is 3.13. The fraction of sp³-hybridized carbons (Fsp3) is 0.250. The van der Waals surface area contributed by atoms with Crippen LogP contribution >= 0.6 is 0 Å². The first-order valence-corrected chi connectivity index (χ1v) is 4.72. The molecule has 1 aromatic carbocycles. The number of likely N-dealkylation sites (N-methyl/N-ethyl adjacent to an activating group) is 1. The number of carbonyl (C=O) groups is 1. The topological polar surface area (TPSA) is 38.3 Å². The number of hydrogen-bond donors (Lipinski definition) is 1. The quantitative estimate of drug-likeness (QED) is 0.764. The van der Waals surface area contributed by atoms with Gasteiger partial charge in [0.2, 0.25) is 5.91 Å². The van der Waals surface area contributed by atoms with Crippen molar-refractivity contribution >= 4 is 12.0 Å². The molecule has 0 fully saturated rings. The van der Waals surface area contributed by atoms with E-state index in [1.165, 1.54) is 6.08 Å². The first kappa shape index (κ1) is 11.3. The van der Waals surface area contributed by atoms with Gasteiger partial charge in [0.05, 0.1) is 7.11 Å². The van der Waals surface area contributed by atoms with Crippen molar-refractivity contribution in [3.8, 4) is 5.75 Å². The van der Waals surface area contributed by atoms with E-state index >= 15 is 0 Å². The Balaban J connectivity index is 2.87. The van der Waals surface area contributed by atoms with E-state index in [1.54, 1.807) is 20.2 Å². The number of nitrogens with one attached hydrogen (secondary N) is 1. The Hall–Kier alpha value is -1.77. The van der Waals surface area contributed by atoms with Crippen LogP contribution in [0.1, 0.15) is 11.1 Å². The van der Waals surface area contributed by atoms with Gasteiger partial charge in [-0.2, -0.15) is 0 Å².